The van der Waals surface area contributed by atoms with E-state index in [-0.39, 0.29) is 78.0 Å². The van der Waals surface area contributed by atoms with Crippen molar-refractivity contribution < 1.29 is 8.78 Å². The van der Waals surface area contributed by atoms with E-state index in [1.54, 1.807) is 36.4 Å². The zero-order valence-electron chi connectivity index (χ0n) is 24.6. The molecular formula is C33H14F2N12. The van der Waals surface area contributed by atoms with Crippen molar-refractivity contribution in [3.05, 3.63) is 80.2 Å². The molecule has 1 aromatic heterocycles. The molecule has 0 saturated heterocycles. The van der Waals surface area contributed by atoms with E-state index in [1.807, 2.05) is 12.1 Å². The molecule has 1 heterocycles. The Morgan fingerprint density at radius 1 is 0.638 bits per heavy atom. The minimum Gasteiger partial charge on any atom is -0.254 e. The van der Waals surface area contributed by atoms with E-state index >= 15 is 0 Å². The molecule has 0 spiro atoms. The first-order valence-corrected chi connectivity index (χ1v) is 12.7. The van der Waals surface area contributed by atoms with Gasteiger partial charge in [0.15, 0.2) is 5.83 Å². The molecule has 14 heteroatoms. The minimum atomic E-state index is -1.62. The summed E-state index contributed by atoms with van der Waals surface area (Å²) >= 11 is 0. The molecule has 220 valence electrons. The molecule has 0 amide bonds. The van der Waals surface area contributed by atoms with E-state index in [2.05, 4.69) is 33.1 Å². The molecule has 47 heavy (non-hydrogen) atoms. The van der Waals surface area contributed by atoms with Gasteiger partial charge in [0, 0.05) is 28.5 Å². The van der Waals surface area contributed by atoms with Gasteiger partial charge in [-0.05, 0) is 20.8 Å². The number of hydrogen-bond donors (Lipinski definition) is 0. The third-order valence-corrected chi connectivity index (χ3v) is 6.69. The van der Waals surface area contributed by atoms with Gasteiger partial charge < -0.3 is 0 Å². The standard InChI is InChI=1S/C33H14F2N12/c1-15(6-36)20(7-37)22(9-39)21(8-38)16(2)14-44-27-17(3)29-30(18(4)28(27)47-33(35)19(5)34)46-32-26(13-43)24(11-41)23(10-40)25(12-42)31(32)45-29/h14H,2,5H2,1,3-4H3/b20-15+,22-21-,44-14-,47-33+. The van der Waals surface area contributed by atoms with Gasteiger partial charge in [-0.25, -0.2) is 19.4 Å². The van der Waals surface area contributed by atoms with Crippen LogP contribution in [0.2, 0.25) is 0 Å². The summed E-state index contributed by atoms with van der Waals surface area (Å²) < 4.78 is 28.4. The van der Waals surface area contributed by atoms with Crippen molar-refractivity contribution in [2.45, 2.75) is 20.8 Å². The van der Waals surface area contributed by atoms with Crippen LogP contribution in [0.3, 0.4) is 0 Å². The van der Waals surface area contributed by atoms with Gasteiger partial charge in [0.1, 0.15) is 53.5 Å². The molecule has 0 bridgehead atoms. The van der Waals surface area contributed by atoms with Crippen molar-refractivity contribution in [2.75, 3.05) is 0 Å². The third kappa shape index (κ3) is 5.74. The van der Waals surface area contributed by atoms with Crippen LogP contribution >= 0.6 is 0 Å². The molecule has 0 atom stereocenters. The topological polar surface area (TPSA) is 241 Å². The summed E-state index contributed by atoms with van der Waals surface area (Å²) in [6, 6.07) is 14.1. The van der Waals surface area contributed by atoms with Crippen LogP contribution in [0.15, 0.2) is 56.8 Å². The second kappa shape index (κ2) is 13.6. The molecule has 0 fully saturated rings. The van der Waals surface area contributed by atoms with E-state index in [9.17, 15) is 50.9 Å². The Kier molecular flexibility index (Phi) is 9.74. The number of aromatic nitrogens is 2. The molecule has 0 radical (unpaired) electrons. The molecular weight excluding hydrogens is 602 g/mol. The summed E-state index contributed by atoms with van der Waals surface area (Å²) in [5.41, 5.74) is -3.64. The lowest BCUT2D eigenvalue weighted by Gasteiger charge is -2.15. The zero-order chi connectivity index (χ0) is 35.2. The first kappa shape index (κ1) is 33.6. The molecule has 3 rings (SSSR count). The van der Waals surface area contributed by atoms with Gasteiger partial charge in [0.05, 0.1) is 67.5 Å². The molecule has 12 nitrogen and oxygen atoms in total. The van der Waals surface area contributed by atoms with Crippen LogP contribution in [0.1, 0.15) is 40.3 Å². The second-order valence-electron chi connectivity index (χ2n) is 9.30. The molecule has 0 aliphatic rings. The Labute approximate surface area is 265 Å². The van der Waals surface area contributed by atoms with E-state index in [4.69, 9.17) is 0 Å². The highest BCUT2D eigenvalue weighted by atomic mass is 19.2. The fraction of sp³-hybridized carbons (Fsp3) is 0.0909. The summed E-state index contributed by atoms with van der Waals surface area (Å²) in [6.45, 7) is 10.8. The summed E-state index contributed by atoms with van der Waals surface area (Å²) in [7, 11) is 0. The van der Waals surface area contributed by atoms with Crippen LogP contribution in [-0.4, -0.2) is 22.1 Å². The summed E-state index contributed by atoms with van der Waals surface area (Å²) in [4.78, 5) is 16.9. The lowest BCUT2D eigenvalue weighted by Crippen LogP contribution is -2.03. The highest BCUT2D eigenvalue weighted by molar-refractivity contribution is 6.03. The van der Waals surface area contributed by atoms with Crippen LogP contribution < -0.4 is 0 Å². The highest BCUT2D eigenvalue weighted by Gasteiger charge is 2.25. The Bertz CT molecular complexity index is 2480. The summed E-state index contributed by atoms with van der Waals surface area (Å²) in [5, 5.41) is 77.3. The fourth-order valence-electron chi connectivity index (χ4n) is 4.38. The summed E-state index contributed by atoms with van der Waals surface area (Å²) in [5.74, 6) is -3.14. The van der Waals surface area contributed by atoms with Crippen molar-refractivity contribution in [2.24, 2.45) is 9.98 Å². The van der Waals surface area contributed by atoms with Crippen molar-refractivity contribution in [1.82, 2.24) is 9.97 Å². The monoisotopic (exact) mass is 616 g/mol. The molecule has 2 aromatic carbocycles. The van der Waals surface area contributed by atoms with Gasteiger partial charge >= 0.3 is 0 Å². The SMILES string of the molecule is C=C(/C=N\c1c(/N=C(/F)C(=C)F)c(C)c2nc3c(C#N)c(C#N)c(C#N)c(C#N)c3nc2c1C)/C(C#N)=C(C#N)\C(C#N)=C(/C)C#N. The Morgan fingerprint density at radius 2 is 1.09 bits per heavy atom. The lowest BCUT2D eigenvalue weighted by molar-refractivity contribution is 0.644. The van der Waals surface area contributed by atoms with Crippen LogP contribution in [0.25, 0.3) is 22.1 Å². The maximum absolute atomic E-state index is 14.6. The first-order valence-electron chi connectivity index (χ1n) is 12.7. The minimum absolute atomic E-state index is 0.00191. The number of halogens is 2. The van der Waals surface area contributed by atoms with Crippen molar-refractivity contribution in [3.63, 3.8) is 0 Å². The van der Waals surface area contributed by atoms with E-state index in [0.717, 1.165) is 6.21 Å². The van der Waals surface area contributed by atoms with Crippen molar-refractivity contribution >= 4 is 45.6 Å². The maximum atomic E-state index is 14.6. The normalized spacial score (nSPS) is 11.8. The third-order valence-electron chi connectivity index (χ3n) is 6.69. The van der Waals surface area contributed by atoms with Crippen molar-refractivity contribution in [3.8, 4) is 48.6 Å². The Balaban J connectivity index is 2.56. The number of aliphatic imine (C=N–C) groups is 2. The maximum Gasteiger partial charge on any atom is 0.248 e. The highest BCUT2D eigenvalue weighted by Crippen LogP contribution is 2.42. The second-order valence-corrected chi connectivity index (χ2v) is 9.30. The van der Waals surface area contributed by atoms with Gasteiger partial charge in [-0.1, -0.05) is 13.2 Å². The van der Waals surface area contributed by atoms with Gasteiger partial charge in [-0.2, -0.15) is 46.5 Å². The van der Waals surface area contributed by atoms with Gasteiger partial charge in [-0.15, -0.1) is 0 Å². The predicted octanol–water partition coefficient (Wildman–Crippen LogP) is 6.34. The largest absolute Gasteiger partial charge is 0.254 e. The number of benzene rings is 2. The van der Waals surface area contributed by atoms with Gasteiger partial charge in [0.2, 0.25) is 5.97 Å². The number of rotatable bonds is 6. The first-order chi connectivity index (χ1) is 22.4. The van der Waals surface area contributed by atoms with E-state index in [0.29, 0.717) is 0 Å². The summed E-state index contributed by atoms with van der Waals surface area (Å²) in [6.07, 6.45) is 0.997. The molecule has 0 aliphatic carbocycles. The number of nitrogens with zero attached hydrogens (tertiary/aromatic N) is 12. The molecule has 0 saturated carbocycles. The van der Waals surface area contributed by atoms with Crippen LogP contribution in [0, 0.1) is 104 Å². The number of fused-ring (bicyclic) bond motifs is 2. The predicted molar refractivity (Wildman–Crippen MR) is 163 cm³/mol. The number of allylic oxidation sites excluding steroid dienone is 6. The smallest absolute Gasteiger partial charge is 0.248 e. The molecule has 3 aromatic rings. The zero-order valence-corrected chi connectivity index (χ0v) is 24.6. The Morgan fingerprint density at radius 3 is 1.47 bits per heavy atom. The lowest BCUT2D eigenvalue weighted by atomic mass is 9.95. The fourth-order valence-corrected chi connectivity index (χ4v) is 4.38. The average molecular weight is 617 g/mol. The van der Waals surface area contributed by atoms with Gasteiger partial charge in [0.25, 0.3) is 0 Å². The van der Waals surface area contributed by atoms with E-state index < -0.39 is 28.5 Å². The molecule has 0 N–H and O–H groups in total. The molecule has 0 aliphatic heterocycles. The molecule has 0 unspecified atom stereocenters. The Hall–Kier alpha value is -7.88. The number of aryl methyl sites for hydroxylation is 2. The van der Waals surface area contributed by atoms with Crippen LogP contribution in [0.5, 0.6) is 0 Å². The number of hydrogen-bond acceptors (Lipinski definition) is 12. The van der Waals surface area contributed by atoms with Crippen molar-refractivity contribution in [1.29, 1.82) is 42.1 Å². The average Bonchev–Trinajstić information content (AvgIpc) is 3.07. The van der Waals surface area contributed by atoms with E-state index in [1.165, 1.54) is 20.8 Å². The number of nitriles is 8. The van der Waals surface area contributed by atoms with Gasteiger partial charge in [-0.3, -0.25) is 4.99 Å². The van der Waals surface area contributed by atoms with Crippen LogP contribution in [0.4, 0.5) is 20.2 Å². The van der Waals surface area contributed by atoms with Crippen LogP contribution in [-0.2, 0) is 0 Å². The quantitative estimate of drug-likeness (QED) is 0.129.